The summed E-state index contributed by atoms with van der Waals surface area (Å²) in [6, 6.07) is 0.710. The van der Waals surface area contributed by atoms with Crippen LogP contribution in [-0.4, -0.2) is 26.3 Å². The molecule has 0 saturated heterocycles. The molecule has 0 aromatic rings. The molecule has 0 aromatic carbocycles. The maximum Gasteiger partial charge on any atom is 0.0575 e. The topological polar surface area (TPSA) is 21.3 Å². The van der Waals surface area contributed by atoms with Gasteiger partial charge in [-0.2, -0.15) is 0 Å². The average Bonchev–Trinajstić information content (AvgIpc) is 2.04. The maximum absolute atomic E-state index is 5.33. The highest BCUT2D eigenvalue weighted by Gasteiger charge is 2.25. The fourth-order valence-corrected chi connectivity index (χ4v) is 1.99. The van der Waals surface area contributed by atoms with Gasteiger partial charge in [0.15, 0.2) is 0 Å². The summed E-state index contributed by atoms with van der Waals surface area (Å²) in [6.07, 6.45) is 4.19. The highest BCUT2D eigenvalue weighted by Crippen LogP contribution is 2.25. The average molecular weight is 157 g/mol. The van der Waals surface area contributed by atoms with Crippen LogP contribution in [0.2, 0.25) is 0 Å². The molecule has 1 rings (SSSR count). The van der Waals surface area contributed by atoms with Crippen molar-refractivity contribution in [1.29, 1.82) is 0 Å². The van der Waals surface area contributed by atoms with E-state index in [0.29, 0.717) is 12.1 Å². The number of hydrogen-bond acceptors (Lipinski definition) is 2. The number of ether oxygens (including phenoxy) is 1. The van der Waals surface area contributed by atoms with Gasteiger partial charge in [-0.15, -0.1) is 0 Å². The molecule has 3 atom stereocenters. The zero-order valence-corrected chi connectivity index (χ0v) is 7.76. The van der Waals surface area contributed by atoms with Crippen LogP contribution in [0.4, 0.5) is 0 Å². The largest absolute Gasteiger partial charge is 0.381 e. The first-order valence-electron chi connectivity index (χ1n) is 4.48. The van der Waals surface area contributed by atoms with Crippen LogP contribution in [0.1, 0.15) is 26.2 Å². The standard InChI is InChI=1S/C9H19NO/c1-7-6-8(11-3)4-5-9(7)10-2/h7-10H,4-6H2,1-3H3. The fraction of sp³-hybridized carbons (Fsp3) is 1.00. The molecule has 11 heavy (non-hydrogen) atoms. The zero-order valence-electron chi connectivity index (χ0n) is 7.76. The molecule has 0 spiro atoms. The van der Waals surface area contributed by atoms with Gasteiger partial charge in [-0.3, -0.25) is 0 Å². The summed E-state index contributed by atoms with van der Waals surface area (Å²) in [4.78, 5) is 0. The molecule has 1 aliphatic carbocycles. The lowest BCUT2D eigenvalue weighted by atomic mass is 9.84. The van der Waals surface area contributed by atoms with E-state index in [1.165, 1.54) is 19.3 Å². The van der Waals surface area contributed by atoms with Gasteiger partial charge in [-0.1, -0.05) is 6.92 Å². The summed E-state index contributed by atoms with van der Waals surface area (Å²) in [7, 11) is 3.87. The van der Waals surface area contributed by atoms with Crippen LogP contribution in [0.5, 0.6) is 0 Å². The van der Waals surface area contributed by atoms with Crippen molar-refractivity contribution in [3.8, 4) is 0 Å². The van der Waals surface area contributed by atoms with Gasteiger partial charge in [-0.05, 0) is 32.2 Å². The van der Waals surface area contributed by atoms with Crippen LogP contribution in [-0.2, 0) is 4.74 Å². The van der Waals surface area contributed by atoms with Crippen molar-refractivity contribution < 1.29 is 4.74 Å². The maximum atomic E-state index is 5.33. The molecule has 0 heterocycles. The zero-order chi connectivity index (χ0) is 8.27. The second-order valence-electron chi connectivity index (χ2n) is 3.54. The third kappa shape index (κ3) is 2.17. The minimum atomic E-state index is 0.509. The smallest absolute Gasteiger partial charge is 0.0575 e. The molecule has 0 aromatic heterocycles. The Morgan fingerprint density at radius 3 is 2.55 bits per heavy atom. The molecule has 1 N–H and O–H groups in total. The molecule has 1 aliphatic rings. The summed E-state index contributed by atoms with van der Waals surface area (Å²) >= 11 is 0. The molecule has 3 unspecified atom stereocenters. The Hall–Kier alpha value is -0.0800. The van der Waals surface area contributed by atoms with Crippen LogP contribution >= 0.6 is 0 Å². The predicted octanol–water partition coefficient (Wildman–Crippen LogP) is 1.41. The minimum Gasteiger partial charge on any atom is -0.381 e. The van der Waals surface area contributed by atoms with E-state index in [1.54, 1.807) is 0 Å². The van der Waals surface area contributed by atoms with Crippen molar-refractivity contribution >= 4 is 0 Å². The van der Waals surface area contributed by atoms with E-state index in [9.17, 15) is 0 Å². The molecule has 1 saturated carbocycles. The van der Waals surface area contributed by atoms with Gasteiger partial charge in [-0.25, -0.2) is 0 Å². The first-order valence-corrected chi connectivity index (χ1v) is 4.48. The number of nitrogens with one attached hydrogen (secondary N) is 1. The van der Waals surface area contributed by atoms with Crippen molar-refractivity contribution in [2.75, 3.05) is 14.2 Å². The van der Waals surface area contributed by atoms with E-state index >= 15 is 0 Å². The van der Waals surface area contributed by atoms with Gasteiger partial charge in [0, 0.05) is 13.2 Å². The Morgan fingerprint density at radius 1 is 1.36 bits per heavy atom. The third-order valence-electron chi connectivity index (χ3n) is 2.83. The summed E-state index contributed by atoms with van der Waals surface area (Å²) in [6.45, 7) is 2.30. The molecule has 0 bridgehead atoms. The van der Waals surface area contributed by atoms with Gasteiger partial charge < -0.3 is 10.1 Å². The summed E-state index contributed by atoms with van der Waals surface area (Å²) < 4.78 is 5.33. The number of rotatable bonds is 2. The Balaban J connectivity index is 2.34. The van der Waals surface area contributed by atoms with Gasteiger partial charge in [0.1, 0.15) is 0 Å². The lowest BCUT2D eigenvalue weighted by Crippen LogP contribution is -2.39. The predicted molar refractivity (Wildman–Crippen MR) is 46.7 cm³/mol. The van der Waals surface area contributed by atoms with Crippen molar-refractivity contribution in [1.82, 2.24) is 5.32 Å². The lowest BCUT2D eigenvalue weighted by molar-refractivity contribution is 0.0432. The minimum absolute atomic E-state index is 0.509. The molecule has 0 radical (unpaired) electrons. The normalized spacial score (nSPS) is 39.0. The number of methoxy groups -OCH3 is 1. The van der Waals surface area contributed by atoms with Crippen LogP contribution in [0.3, 0.4) is 0 Å². The highest BCUT2D eigenvalue weighted by atomic mass is 16.5. The van der Waals surface area contributed by atoms with Crippen molar-refractivity contribution in [2.45, 2.75) is 38.3 Å². The van der Waals surface area contributed by atoms with Crippen molar-refractivity contribution in [2.24, 2.45) is 5.92 Å². The van der Waals surface area contributed by atoms with Crippen LogP contribution in [0.25, 0.3) is 0 Å². The molecule has 2 heteroatoms. The Bertz CT molecular complexity index is 116. The van der Waals surface area contributed by atoms with E-state index in [2.05, 4.69) is 12.2 Å². The van der Waals surface area contributed by atoms with E-state index in [4.69, 9.17) is 4.74 Å². The first kappa shape index (κ1) is 9.01. The summed E-state index contributed by atoms with van der Waals surface area (Å²) in [5.74, 6) is 0.763. The second kappa shape index (κ2) is 4.07. The molecule has 66 valence electrons. The van der Waals surface area contributed by atoms with E-state index in [0.717, 1.165) is 5.92 Å². The van der Waals surface area contributed by atoms with Gasteiger partial charge in [0.2, 0.25) is 0 Å². The Kier molecular flexibility index (Phi) is 3.34. The third-order valence-corrected chi connectivity index (χ3v) is 2.83. The molecule has 1 fully saturated rings. The Morgan fingerprint density at radius 2 is 2.09 bits per heavy atom. The van der Waals surface area contributed by atoms with Crippen LogP contribution < -0.4 is 5.32 Å². The molecular formula is C9H19NO. The van der Waals surface area contributed by atoms with Gasteiger partial charge in [0.05, 0.1) is 6.10 Å². The van der Waals surface area contributed by atoms with Gasteiger partial charge >= 0.3 is 0 Å². The van der Waals surface area contributed by atoms with E-state index in [-0.39, 0.29) is 0 Å². The van der Waals surface area contributed by atoms with Crippen LogP contribution in [0.15, 0.2) is 0 Å². The fourth-order valence-electron chi connectivity index (χ4n) is 1.99. The van der Waals surface area contributed by atoms with E-state index < -0.39 is 0 Å². The monoisotopic (exact) mass is 157 g/mol. The lowest BCUT2D eigenvalue weighted by Gasteiger charge is -2.33. The van der Waals surface area contributed by atoms with Crippen molar-refractivity contribution in [3.63, 3.8) is 0 Å². The molecule has 2 nitrogen and oxygen atoms in total. The first-order chi connectivity index (χ1) is 5.27. The summed E-state index contributed by atoms with van der Waals surface area (Å²) in [5, 5.41) is 3.34. The second-order valence-corrected chi connectivity index (χ2v) is 3.54. The van der Waals surface area contributed by atoms with Crippen molar-refractivity contribution in [3.05, 3.63) is 0 Å². The molecule has 0 amide bonds. The highest BCUT2D eigenvalue weighted by molar-refractivity contribution is 4.81. The van der Waals surface area contributed by atoms with E-state index in [1.807, 2.05) is 14.2 Å². The Labute approximate surface area is 69.3 Å². The molecule has 0 aliphatic heterocycles. The quantitative estimate of drug-likeness (QED) is 0.654. The number of hydrogen-bond donors (Lipinski definition) is 1. The van der Waals surface area contributed by atoms with Gasteiger partial charge in [0.25, 0.3) is 0 Å². The SMILES string of the molecule is CNC1CCC(OC)CC1C. The van der Waals surface area contributed by atoms with Crippen LogP contribution in [0, 0.1) is 5.92 Å². The molecular weight excluding hydrogens is 138 g/mol. The summed E-state index contributed by atoms with van der Waals surface area (Å²) in [5.41, 5.74) is 0.